The van der Waals surface area contributed by atoms with Gasteiger partial charge in [0.2, 0.25) is 0 Å². The van der Waals surface area contributed by atoms with E-state index in [2.05, 4.69) is 48.3 Å². The number of benzene rings is 1. The number of nitrogens with one attached hydrogen (secondary N) is 1. The number of hydrogen-bond acceptors (Lipinski definition) is 3. The van der Waals surface area contributed by atoms with Crippen LogP contribution < -0.4 is 10.2 Å². The van der Waals surface area contributed by atoms with Gasteiger partial charge in [-0.1, -0.05) is 18.2 Å². The van der Waals surface area contributed by atoms with Crippen molar-refractivity contribution in [2.24, 2.45) is 0 Å². The molecule has 3 unspecified atom stereocenters. The van der Waals surface area contributed by atoms with Crippen LogP contribution in [0.5, 0.6) is 0 Å². The van der Waals surface area contributed by atoms with E-state index < -0.39 is 0 Å². The van der Waals surface area contributed by atoms with Crippen molar-refractivity contribution in [2.75, 3.05) is 24.6 Å². The number of ether oxygens (including phenoxy) is 1. The number of hydrogen-bond donors (Lipinski definition) is 1. The highest BCUT2D eigenvalue weighted by atomic mass is 16.5. The van der Waals surface area contributed by atoms with E-state index in [0.29, 0.717) is 18.2 Å². The molecule has 2 aliphatic rings. The second-order valence-electron chi connectivity index (χ2n) is 5.44. The van der Waals surface area contributed by atoms with E-state index in [9.17, 15) is 0 Å². The van der Waals surface area contributed by atoms with Crippen LogP contribution in [0.4, 0.5) is 5.69 Å². The highest BCUT2D eigenvalue weighted by molar-refractivity contribution is 5.60. The van der Waals surface area contributed by atoms with E-state index in [0.717, 1.165) is 26.1 Å². The Balaban J connectivity index is 1.82. The Bertz CT molecular complexity index is 415. The maximum atomic E-state index is 5.91. The van der Waals surface area contributed by atoms with E-state index in [-0.39, 0.29) is 0 Å². The number of nitrogens with zero attached hydrogens (tertiary/aromatic N) is 1. The lowest BCUT2D eigenvalue weighted by Crippen LogP contribution is -2.52. The summed E-state index contributed by atoms with van der Waals surface area (Å²) in [6.07, 6.45) is 1.45. The van der Waals surface area contributed by atoms with Gasteiger partial charge in [0.05, 0.1) is 18.8 Å². The summed E-state index contributed by atoms with van der Waals surface area (Å²) in [5.74, 6) is 0. The molecule has 1 fully saturated rings. The van der Waals surface area contributed by atoms with Crippen molar-refractivity contribution in [1.82, 2.24) is 5.32 Å². The lowest BCUT2D eigenvalue weighted by atomic mass is 10.1. The number of morpholine rings is 1. The molecule has 0 radical (unpaired) electrons. The fourth-order valence-electron chi connectivity index (χ4n) is 3.28. The van der Waals surface area contributed by atoms with E-state index in [1.165, 1.54) is 11.3 Å². The molecule has 3 heteroatoms. The Morgan fingerprint density at radius 3 is 3.00 bits per heavy atom. The minimum atomic E-state index is 0.298. The lowest BCUT2D eigenvalue weighted by molar-refractivity contribution is 0.0136. The zero-order chi connectivity index (χ0) is 12.5. The first-order chi connectivity index (χ1) is 8.77. The first kappa shape index (κ1) is 12.0. The van der Waals surface area contributed by atoms with Gasteiger partial charge in [-0.2, -0.15) is 0 Å². The SMILES string of the molecule is CC1Cc2ccccc2N1C(C)C1CNCCO1. The molecular weight excluding hydrogens is 224 g/mol. The zero-order valence-electron chi connectivity index (χ0n) is 11.2. The third kappa shape index (κ3) is 2.02. The number of para-hydroxylation sites is 1. The summed E-state index contributed by atoms with van der Waals surface area (Å²) >= 11 is 0. The molecule has 2 aliphatic heterocycles. The topological polar surface area (TPSA) is 24.5 Å². The van der Waals surface area contributed by atoms with Gasteiger partial charge in [-0.3, -0.25) is 0 Å². The molecule has 1 aromatic rings. The molecule has 1 saturated heterocycles. The van der Waals surface area contributed by atoms with Crippen molar-refractivity contribution in [3.63, 3.8) is 0 Å². The normalized spacial score (nSPS) is 29.1. The van der Waals surface area contributed by atoms with Gasteiger partial charge in [-0.15, -0.1) is 0 Å². The van der Waals surface area contributed by atoms with E-state index in [1.54, 1.807) is 0 Å². The molecule has 1 N–H and O–H groups in total. The zero-order valence-corrected chi connectivity index (χ0v) is 11.2. The van der Waals surface area contributed by atoms with Gasteiger partial charge in [-0.05, 0) is 31.9 Å². The van der Waals surface area contributed by atoms with Crippen molar-refractivity contribution in [3.8, 4) is 0 Å². The Hall–Kier alpha value is -1.06. The Kier molecular flexibility index (Phi) is 3.27. The third-order valence-corrected chi connectivity index (χ3v) is 4.19. The molecule has 0 aliphatic carbocycles. The van der Waals surface area contributed by atoms with Crippen LogP contribution in [-0.4, -0.2) is 37.9 Å². The summed E-state index contributed by atoms with van der Waals surface area (Å²) < 4.78 is 5.91. The summed E-state index contributed by atoms with van der Waals surface area (Å²) in [5.41, 5.74) is 2.87. The molecule has 0 saturated carbocycles. The molecule has 2 heterocycles. The summed E-state index contributed by atoms with van der Waals surface area (Å²) in [5, 5.41) is 3.43. The fraction of sp³-hybridized carbons (Fsp3) is 0.600. The van der Waals surface area contributed by atoms with Crippen LogP contribution in [-0.2, 0) is 11.2 Å². The second-order valence-corrected chi connectivity index (χ2v) is 5.44. The molecule has 0 amide bonds. The molecule has 0 bridgehead atoms. The molecule has 1 aromatic carbocycles. The van der Waals surface area contributed by atoms with Gasteiger partial charge in [0, 0.05) is 24.8 Å². The summed E-state index contributed by atoms with van der Waals surface area (Å²) in [7, 11) is 0. The van der Waals surface area contributed by atoms with Crippen molar-refractivity contribution in [2.45, 2.75) is 38.5 Å². The van der Waals surface area contributed by atoms with Crippen molar-refractivity contribution in [3.05, 3.63) is 29.8 Å². The molecule has 3 atom stereocenters. The Labute approximate surface area is 109 Å². The minimum absolute atomic E-state index is 0.298. The first-order valence-electron chi connectivity index (χ1n) is 6.96. The van der Waals surface area contributed by atoms with Crippen LogP contribution in [0.15, 0.2) is 24.3 Å². The maximum Gasteiger partial charge on any atom is 0.0900 e. The molecular formula is C15H22N2O. The van der Waals surface area contributed by atoms with Gasteiger partial charge in [-0.25, -0.2) is 0 Å². The smallest absolute Gasteiger partial charge is 0.0900 e. The predicted molar refractivity (Wildman–Crippen MR) is 74.2 cm³/mol. The van der Waals surface area contributed by atoms with Crippen LogP contribution in [0.3, 0.4) is 0 Å². The monoisotopic (exact) mass is 246 g/mol. The predicted octanol–water partition coefficient (Wildman–Crippen LogP) is 1.81. The van der Waals surface area contributed by atoms with E-state index in [1.807, 2.05) is 0 Å². The third-order valence-electron chi connectivity index (χ3n) is 4.19. The summed E-state index contributed by atoms with van der Waals surface area (Å²) in [6, 6.07) is 9.76. The van der Waals surface area contributed by atoms with Gasteiger partial charge < -0.3 is 15.0 Å². The van der Waals surface area contributed by atoms with Gasteiger partial charge in [0.25, 0.3) is 0 Å². The van der Waals surface area contributed by atoms with Crippen molar-refractivity contribution < 1.29 is 4.74 Å². The first-order valence-corrected chi connectivity index (χ1v) is 6.96. The quantitative estimate of drug-likeness (QED) is 0.861. The van der Waals surface area contributed by atoms with E-state index >= 15 is 0 Å². The standard InChI is InChI=1S/C15H22N2O/c1-11-9-13-5-3-4-6-14(13)17(11)12(2)15-10-16-7-8-18-15/h3-6,11-12,15-16H,7-10H2,1-2H3. The second kappa shape index (κ2) is 4.90. The average Bonchev–Trinajstić information content (AvgIpc) is 2.75. The molecule has 18 heavy (non-hydrogen) atoms. The Morgan fingerprint density at radius 1 is 1.39 bits per heavy atom. The van der Waals surface area contributed by atoms with Gasteiger partial charge >= 0.3 is 0 Å². The number of rotatable bonds is 2. The fourth-order valence-corrected chi connectivity index (χ4v) is 3.28. The van der Waals surface area contributed by atoms with E-state index in [4.69, 9.17) is 4.74 Å². The minimum Gasteiger partial charge on any atom is -0.373 e. The van der Waals surface area contributed by atoms with Crippen molar-refractivity contribution in [1.29, 1.82) is 0 Å². The highest BCUT2D eigenvalue weighted by Crippen LogP contribution is 2.34. The van der Waals surface area contributed by atoms with Crippen LogP contribution in [0.1, 0.15) is 19.4 Å². The molecule has 3 rings (SSSR count). The number of fused-ring (bicyclic) bond motifs is 1. The molecule has 3 nitrogen and oxygen atoms in total. The lowest BCUT2D eigenvalue weighted by Gasteiger charge is -2.38. The Morgan fingerprint density at radius 2 is 2.22 bits per heavy atom. The number of anilines is 1. The van der Waals surface area contributed by atoms with Gasteiger partial charge in [0.1, 0.15) is 0 Å². The van der Waals surface area contributed by atoms with Crippen LogP contribution >= 0.6 is 0 Å². The van der Waals surface area contributed by atoms with Crippen molar-refractivity contribution >= 4 is 5.69 Å². The molecule has 0 aromatic heterocycles. The molecule has 0 spiro atoms. The highest BCUT2D eigenvalue weighted by Gasteiger charge is 2.34. The average molecular weight is 246 g/mol. The van der Waals surface area contributed by atoms with Crippen LogP contribution in [0.2, 0.25) is 0 Å². The van der Waals surface area contributed by atoms with Crippen LogP contribution in [0, 0.1) is 0 Å². The largest absolute Gasteiger partial charge is 0.373 e. The van der Waals surface area contributed by atoms with Crippen LogP contribution in [0.25, 0.3) is 0 Å². The maximum absolute atomic E-state index is 5.91. The van der Waals surface area contributed by atoms with Gasteiger partial charge in [0.15, 0.2) is 0 Å². The molecule has 98 valence electrons. The summed E-state index contributed by atoms with van der Waals surface area (Å²) in [4.78, 5) is 2.53. The summed E-state index contributed by atoms with van der Waals surface area (Å²) in [6.45, 7) is 7.38.